The molecule has 104 valence electrons. The predicted octanol–water partition coefficient (Wildman–Crippen LogP) is 1.85. The van der Waals surface area contributed by atoms with Crippen LogP contribution in [0.25, 0.3) is 0 Å². The van der Waals surface area contributed by atoms with Crippen molar-refractivity contribution in [2.75, 3.05) is 5.73 Å². The zero-order valence-corrected chi connectivity index (χ0v) is 12.2. The molecule has 3 N–H and O–H groups in total. The molecular formula is C13H19N3O2S. The lowest BCUT2D eigenvalue weighted by Gasteiger charge is -2.21. The number of anilines is 1. The molecule has 1 atom stereocenters. The van der Waals surface area contributed by atoms with E-state index in [4.69, 9.17) is 11.0 Å². The van der Waals surface area contributed by atoms with Gasteiger partial charge in [-0.3, -0.25) is 0 Å². The standard InChI is InChI=1S/C13H19N3O2S/c1-4-12(9(2)3)16-19(17,18)13-6-5-10(8-14)7-11(13)15/h5-7,9,12,16H,4,15H2,1-3H3. The van der Waals surface area contributed by atoms with Gasteiger partial charge in [0.15, 0.2) is 0 Å². The SMILES string of the molecule is CCC(NS(=O)(=O)c1ccc(C#N)cc1N)C(C)C. The van der Waals surface area contributed by atoms with Crippen molar-refractivity contribution in [2.24, 2.45) is 5.92 Å². The van der Waals surface area contributed by atoms with Gasteiger partial charge in [-0.25, -0.2) is 13.1 Å². The zero-order valence-electron chi connectivity index (χ0n) is 11.3. The van der Waals surface area contributed by atoms with E-state index in [0.29, 0.717) is 12.0 Å². The minimum absolute atomic E-state index is 0.0191. The Morgan fingerprint density at radius 3 is 2.47 bits per heavy atom. The van der Waals surface area contributed by atoms with Gasteiger partial charge >= 0.3 is 0 Å². The van der Waals surface area contributed by atoms with Gasteiger partial charge in [0.1, 0.15) is 4.90 Å². The molecule has 1 unspecified atom stereocenters. The molecule has 0 heterocycles. The van der Waals surface area contributed by atoms with E-state index < -0.39 is 10.0 Å². The number of rotatable bonds is 5. The number of nitrogens with zero attached hydrogens (tertiary/aromatic N) is 1. The third kappa shape index (κ3) is 3.69. The normalized spacial score (nSPS) is 13.2. The molecule has 0 bridgehead atoms. The molecule has 0 spiro atoms. The molecule has 0 fully saturated rings. The first kappa shape index (κ1) is 15.5. The summed E-state index contributed by atoms with van der Waals surface area (Å²) in [4.78, 5) is 0.0191. The minimum atomic E-state index is -3.66. The van der Waals surface area contributed by atoms with Crippen molar-refractivity contribution in [1.29, 1.82) is 5.26 Å². The van der Waals surface area contributed by atoms with Gasteiger partial charge in [-0.05, 0) is 30.5 Å². The monoisotopic (exact) mass is 281 g/mol. The van der Waals surface area contributed by atoms with Crippen LogP contribution in [-0.2, 0) is 10.0 Å². The maximum atomic E-state index is 12.3. The van der Waals surface area contributed by atoms with Gasteiger partial charge in [0.05, 0.1) is 17.3 Å². The highest BCUT2D eigenvalue weighted by Crippen LogP contribution is 2.21. The first-order valence-electron chi connectivity index (χ1n) is 6.13. The highest BCUT2D eigenvalue weighted by Gasteiger charge is 2.23. The summed E-state index contributed by atoms with van der Waals surface area (Å²) in [6, 6.07) is 5.96. The molecule has 19 heavy (non-hydrogen) atoms. The van der Waals surface area contributed by atoms with Gasteiger partial charge in [-0.15, -0.1) is 0 Å². The lowest BCUT2D eigenvalue weighted by atomic mass is 10.0. The molecule has 5 nitrogen and oxygen atoms in total. The van der Waals surface area contributed by atoms with Crippen LogP contribution < -0.4 is 10.5 Å². The van der Waals surface area contributed by atoms with Gasteiger partial charge in [-0.1, -0.05) is 20.8 Å². The van der Waals surface area contributed by atoms with Gasteiger partial charge in [0.2, 0.25) is 10.0 Å². The minimum Gasteiger partial charge on any atom is -0.398 e. The molecule has 6 heteroatoms. The number of sulfonamides is 1. The molecule has 0 saturated carbocycles. The van der Waals surface area contributed by atoms with E-state index in [9.17, 15) is 8.42 Å². The average molecular weight is 281 g/mol. The van der Waals surface area contributed by atoms with Crippen LogP contribution in [0.4, 0.5) is 5.69 Å². The molecule has 0 saturated heterocycles. The van der Waals surface area contributed by atoms with Crippen molar-refractivity contribution in [2.45, 2.75) is 38.1 Å². The van der Waals surface area contributed by atoms with Crippen LogP contribution in [0, 0.1) is 17.2 Å². The fourth-order valence-electron chi connectivity index (χ4n) is 1.82. The summed E-state index contributed by atoms with van der Waals surface area (Å²) in [6.45, 7) is 5.84. The fourth-order valence-corrected chi connectivity index (χ4v) is 3.40. The molecule has 0 radical (unpaired) electrons. The van der Waals surface area contributed by atoms with E-state index in [1.54, 1.807) is 0 Å². The molecular weight excluding hydrogens is 262 g/mol. The number of hydrogen-bond donors (Lipinski definition) is 2. The van der Waals surface area contributed by atoms with Gasteiger partial charge in [0.25, 0.3) is 0 Å². The van der Waals surface area contributed by atoms with E-state index in [0.717, 1.165) is 0 Å². The van der Waals surface area contributed by atoms with Crippen LogP contribution in [0.3, 0.4) is 0 Å². The quantitative estimate of drug-likeness (QED) is 0.805. The summed E-state index contributed by atoms with van der Waals surface area (Å²) in [7, 11) is -3.66. The van der Waals surface area contributed by atoms with Gasteiger partial charge in [0, 0.05) is 6.04 Å². The number of hydrogen-bond acceptors (Lipinski definition) is 4. The second-order valence-corrected chi connectivity index (χ2v) is 6.43. The first-order valence-corrected chi connectivity index (χ1v) is 7.62. The number of benzene rings is 1. The molecule has 0 aliphatic carbocycles. The second-order valence-electron chi connectivity index (χ2n) is 4.74. The fraction of sp³-hybridized carbons (Fsp3) is 0.462. The highest BCUT2D eigenvalue weighted by atomic mass is 32.2. The Kier molecular flexibility index (Phi) is 4.92. The summed E-state index contributed by atoms with van der Waals surface area (Å²) >= 11 is 0. The summed E-state index contributed by atoms with van der Waals surface area (Å²) in [5, 5.41) is 8.74. The number of nitrogen functional groups attached to an aromatic ring is 1. The van der Waals surface area contributed by atoms with Crippen LogP contribution in [0.5, 0.6) is 0 Å². The Morgan fingerprint density at radius 1 is 1.42 bits per heavy atom. The van der Waals surface area contributed by atoms with Crippen molar-refractivity contribution in [3.63, 3.8) is 0 Å². The number of nitrogens with two attached hydrogens (primary N) is 1. The zero-order chi connectivity index (χ0) is 14.6. The van der Waals surface area contributed by atoms with Crippen molar-refractivity contribution in [1.82, 2.24) is 4.72 Å². The summed E-state index contributed by atoms with van der Waals surface area (Å²) < 4.78 is 27.2. The number of nitriles is 1. The third-order valence-electron chi connectivity index (χ3n) is 2.98. The Labute approximate surface area is 114 Å². The lowest BCUT2D eigenvalue weighted by molar-refractivity contribution is 0.437. The van der Waals surface area contributed by atoms with Crippen molar-refractivity contribution in [3.05, 3.63) is 23.8 Å². The van der Waals surface area contributed by atoms with Crippen LogP contribution in [0.15, 0.2) is 23.1 Å². The van der Waals surface area contributed by atoms with E-state index in [2.05, 4.69) is 4.72 Å². The van der Waals surface area contributed by atoms with Crippen LogP contribution in [0.1, 0.15) is 32.8 Å². The molecule has 0 aliphatic heterocycles. The molecule has 1 aromatic rings. The Morgan fingerprint density at radius 2 is 2.05 bits per heavy atom. The second kappa shape index (κ2) is 6.04. The largest absolute Gasteiger partial charge is 0.398 e. The average Bonchev–Trinajstić information content (AvgIpc) is 2.35. The van der Waals surface area contributed by atoms with Gasteiger partial charge in [-0.2, -0.15) is 5.26 Å². The van der Waals surface area contributed by atoms with E-state index in [1.807, 2.05) is 26.8 Å². The Bertz CT molecular complexity index is 588. The summed E-state index contributed by atoms with van der Waals surface area (Å²) in [6.07, 6.45) is 0.701. The highest BCUT2D eigenvalue weighted by molar-refractivity contribution is 7.89. The van der Waals surface area contributed by atoms with Gasteiger partial charge < -0.3 is 5.73 Å². The predicted molar refractivity (Wildman–Crippen MR) is 74.8 cm³/mol. The van der Waals surface area contributed by atoms with Crippen molar-refractivity contribution >= 4 is 15.7 Å². The number of nitrogens with one attached hydrogen (secondary N) is 1. The molecule has 0 amide bonds. The summed E-state index contributed by atoms with van der Waals surface area (Å²) in [5.41, 5.74) is 6.13. The molecule has 0 aliphatic rings. The van der Waals surface area contributed by atoms with E-state index in [1.165, 1.54) is 18.2 Å². The molecule has 1 aromatic carbocycles. The maximum Gasteiger partial charge on any atom is 0.242 e. The Balaban J connectivity index is 3.11. The van der Waals surface area contributed by atoms with Crippen molar-refractivity contribution in [3.8, 4) is 6.07 Å². The lowest BCUT2D eigenvalue weighted by Crippen LogP contribution is -2.38. The van der Waals surface area contributed by atoms with Crippen molar-refractivity contribution < 1.29 is 8.42 Å². The first-order chi connectivity index (χ1) is 8.81. The van der Waals surface area contributed by atoms with Crippen LogP contribution in [-0.4, -0.2) is 14.5 Å². The third-order valence-corrected chi connectivity index (χ3v) is 4.54. The smallest absolute Gasteiger partial charge is 0.242 e. The topological polar surface area (TPSA) is 96.0 Å². The summed E-state index contributed by atoms with van der Waals surface area (Å²) in [5.74, 6) is 0.194. The molecule has 0 aromatic heterocycles. The molecule has 1 rings (SSSR count). The van der Waals surface area contributed by atoms with Crippen LogP contribution in [0.2, 0.25) is 0 Å². The van der Waals surface area contributed by atoms with E-state index >= 15 is 0 Å². The van der Waals surface area contributed by atoms with Crippen LogP contribution >= 0.6 is 0 Å². The Hall–Kier alpha value is -1.58. The maximum absolute atomic E-state index is 12.3. The van der Waals surface area contributed by atoms with E-state index in [-0.39, 0.29) is 22.5 Å².